The third-order valence-corrected chi connectivity index (χ3v) is 7.92. The minimum Gasteiger partial charge on any atom is -0.481 e. The Hall–Kier alpha value is -2.78. The molecule has 0 amide bonds. The number of nitrogens with one attached hydrogen (secondary N) is 1. The Labute approximate surface area is 190 Å². The standard InChI is InChI=1S/C23H27N5O3S/c1-14-9-16(11-17(10-14)27-22-25-13-26-28(22)18-3-2-4-18)19-12-24-21(32-19)23(31)7-5-15(6-8-23)20(29)30/h9-13,15,18,31H,2-8H2,1H3,(H,29,30)(H,25,26,27)/t15-,23+. The molecule has 0 spiro atoms. The smallest absolute Gasteiger partial charge is 0.306 e. The second-order valence-corrected chi connectivity index (χ2v) is 10.0. The first-order valence-electron chi connectivity index (χ1n) is 11.1. The monoisotopic (exact) mass is 453 g/mol. The van der Waals surface area contributed by atoms with Crippen molar-refractivity contribution in [3.63, 3.8) is 0 Å². The largest absolute Gasteiger partial charge is 0.481 e. The zero-order valence-electron chi connectivity index (χ0n) is 18.0. The molecule has 0 bridgehead atoms. The molecule has 0 aliphatic heterocycles. The van der Waals surface area contributed by atoms with Gasteiger partial charge in [0, 0.05) is 11.9 Å². The topological polar surface area (TPSA) is 113 Å². The van der Waals surface area contributed by atoms with Gasteiger partial charge in [0.15, 0.2) is 0 Å². The Balaban J connectivity index is 1.36. The molecule has 1 aromatic carbocycles. The van der Waals surface area contributed by atoms with E-state index >= 15 is 0 Å². The molecule has 5 rings (SSSR count). The maximum absolute atomic E-state index is 11.2. The van der Waals surface area contributed by atoms with E-state index < -0.39 is 11.6 Å². The number of nitrogens with zero attached hydrogens (tertiary/aromatic N) is 4. The average Bonchev–Trinajstić information content (AvgIpc) is 3.37. The fraction of sp³-hybridized carbons (Fsp3) is 0.478. The molecule has 0 saturated heterocycles. The first-order chi connectivity index (χ1) is 15.4. The van der Waals surface area contributed by atoms with Crippen LogP contribution in [0.4, 0.5) is 11.6 Å². The molecule has 3 aromatic rings. The fourth-order valence-corrected chi connectivity index (χ4v) is 5.59. The van der Waals surface area contributed by atoms with E-state index in [4.69, 9.17) is 0 Å². The van der Waals surface area contributed by atoms with Gasteiger partial charge in [0.25, 0.3) is 0 Å². The van der Waals surface area contributed by atoms with Crippen LogP contribution in [0.25, 0.3) is 10.4 Å². The highest BCUT2D eigenvalue weighted by Gasteiger charge is 2.39. The molecule has 2 fully saturated rings. The molecule has 0 unspecified atom stereocenters. The van der Waals surface area contributed by atoms with Gasteiger partial charge in [-0.05, 0) is 75.1 Å². The van der Waals surface area contributed by atoms with E-state index in [2.05, 4.69) is 38.6 Å². The number of rotatable bonds is 6. The van der Waals surface area contributed by atoms with Crippen LogP contribution in [-0.4, -0.2) is 35.9 Å². The number of hydrogen-bond acceptors (Lipinski definition) is 7. The molecule has 9 heteroatoms. The highest BCUT2D eigenvalue weighted by atomic mass is 32.1. The Morgan fingerprint density at radius 1 is 1.19 bits per heavy atom. The van der Waals surface area contributed by atoms with Gasteiger partial charge in [0.05, 0.1) is 16.8 Å². The molecule has 2 saturated carbocycles. The number of anilines is 2. The van der Waals surface area contributed by atoms with Crippen molar-refractivity contribution in [2.45, 2.75) is 63.5 Å². The van der Waals surface area contributed by atoms with Crippen molar-refractivity contribution >= 4 is 28.9 Å². The lowest BCUT2D eigenvalue weighted by Crippen LogP contribution is -2.33. The van der Waals surface area contributed by atoms with Crippen LogP contribution in [0.15, 0.2) is 30.7 Å². The highest BCUT2D eigenvalue weighted by molar-refractivity contribution is 7.15. The molecule has 0 radical (unpaired) electrons. The lowest BCUT2D eigenvalue weighted by atomic mass is 9.79. The normalized spacial score (nSPS) is 23.6. The summed E-state index contributed by atoms with van der Waals surface area (Å²) in [5.74, 6) is -0.400. The molecule has 8 nitrogen and oxygen atoms in total. The Bertz CT molecular complexity index is 1130. The fourth-order valence-electron chi connectivity index (χ4n) is 4.54. The highest BCUT2D eigenvalue weighted by Crippen LogP contribution is 2.43. The molecule has 3 N–H and O–H groups in total. The number of thiazole rings is 1. The first-order valence-corrected chi connectivity index (χ1v) is 11.9. The van der Waals surface area contributed by atoms with Crippen molar-refractivity contribution in [2.24, 2.45) is 5.92 Å². The van der Waals surface area contributed by atoms with Gasteiger partial charge in [-0.15, -0.1) is 11.3 Å². The van der Waals surface area contributed by atoms with Crippen LogP contribution in [0.5, 0.6) is 0 Å². The number of benzene rings is 1. The minimum atomic E-state index is -1.04. The molecule has 0 atom stereocenters. The summed E-state index contributed by atoms with van der Waals surface area (Å²) in [6, 6.07) is 6.66. The van der Waals surface area contributed by atoms with Gasteiger partial charge in [-0.1, -0.05) is 6.07 Å². The first kappa shape index (κ1) is 21.1. The van der Waals surface area contributed by atoms with E-state index in [1.54, 1.807) is 12.5 Å². The lowest BCUT2D eigenvalue weighted by Gasteiger charge is -2.32. The second-order valence-electron chi connectivity index (χ2n) is 9.00. The number of aromatic nitrogens is 4. The summed E-state index contributed by atoms with van der Waals surface area (Å²) in [5.41, 5.74) is 2.02. The lowest BCUT2D eigenvalue weighted by molar-refractivity contribution is -0.145. The predicted molar refractivity (Wildman–Crippen MR) is 122 cm³/mol. The van der Waals surface area contributed by atoms with Gasteiger partial charge >= 0.3 is 5.97 Å². The second kappa shape index (κ2) is 8.29. The van der Waals surface area contributed by atoms with Crippen LogP contribution in [0.3, 0.4) is 0 Å². The zero-order chi connectivity index (χ0) is 22.3. The van der Waals surface area contributed by atoms with E-state index in [1.165, 1.54) is 17.8 Å². The summed E-state index contributed by atoms with van der Waals surface area (Å²) in [4.78, 5) is 21.1. The third-order valence-electron chi connectivity index (χ3n) is 6.68. The maximum Gasteiger partial charge on any atom is 0.306 e. The van der Waals surface area contributed by atoms with Crippen molar-refractivity contribution in [3.8, 4) is 10.4 Å². The van der Waals surface area contributed by atoms with Gasteiger partial charge in [-0.25, -0.2) is 9.67 Å². The molecule has 2 heterocycles. The Kier molecular flexibility index (Phi) is 5.46. The third kappa shape index (κ3) is 4.02. The number of hydrogen-bond donors (Lipinski definition) is 3. The number of carboxylic acid groups (broad SMARTS) is 1. The minimum absolute atomic E-state index is 0.373. The summed E-state index contributed by atoms with van der Waals surface area (Å²) in [5, 5.41) is 28.8. The van der Waals surface area contributed by atoms with Gasteiger partial charge in [-0.3, -0.25) is 4.79 Å². The average molecular weight is 454 g/mol. The van der Waals surface area contributed by atoms with Crippen LogP contribution in [0, 0.1) is 12.8 Å². The molecular weight excluding hydrogens is 426 g/mol. The number of carboxylic acids is 1. The van der Waals surface area contributed by atoms with E-state index in [0.717, 1.165) is 40.5 Å². The van der Waals surface area contributed by atoms with Crippen molar-refractivity contribution in [1.29, 1.82) is 0 Å². The van der Waals surface area contributed by atoms with E-state index in [0.29, 0.717) is 36.7 Å². The molecular formula is C23H27N5O3S. The summed E-state index contributed by atoms with van der Waals surface area (Å²) in [6.07, 6.45) is 8.69. The SMILES string of the molecule is Cc1cc(Nc2ncnn2C2CCC2)cc(-c2cnc([C@]3(O)CC[C@@H](C(=O)O)CC3)s2)c1. The Morgan fingerprint density at radius 3 is 2.66 bits per heavy atom. The van der Waals surface area contributed by atoms with Crippen LogP contribution in [0.1, 0.15) is 61.6 Å². The summed E-state index contributed by atoms with van der Waals surface area (Å²) in [7, 11) is 0. The number of aryl methyl sites for hydroxylation is 1. The van der Waals surface area contributed by atoms with Crippen molar-refractivity contribution in [1.82, 2.24) is 19.7 Å². The van der Waals surface area contributed by atoms with Crippen molar-refractivity contribution in [3.05, 3.63) is 41.3 Å². The quantitative estimate of drug-likeness (QED) is 0.498. The Morgan fingerprint density at radius 2 is 1.97 bits per heavy atom. The predicted octanol–water partition coefficient (Wildman–Crippen LogP) is 4.64. The van der Waals surface area contributed by atoms with Crippen LogP contribution < -0.4 is 5.32 Å². The van der Waals surface area contributed by atoms with Crippen molar-refractivity contribution in [2.75, 3.05) is 5.32 Å². The van der Waals surface area contributed by atoms with E-state index in [-0.39, 0.29) is 5.92 Å². The number of aliphatic hydroxyl groups is 1. The zero-order valence-corrected chi connectivity index (χ0v) is 18.8. The number of aliphatic carboxylic acids is 1. The molecule has 168 valence electrons. The van der Waals surface area contributed by atoms with Crippen LogP contribution in [0.2, 0.25) is 0 Å². The van der Waals surface area contributed by atoms with Gasteiger partial charge < -0.3 is 15.5 Å². The molecule has 32 heavy (non-hydrogen) atoms. The van der Waals surface area contributed by atoms with E-state index in [1.807, 2.05) is 11.6 Å². The molecule has 2 aromatic heterocycles. The van der Waals surface area contributed by atoms with Gasteiger partial charge in [0.2, 0.25) is 5.95 Å². The number of carbonyl (C=O) groups is 1. The van der Waals surface area contributed by atoms with Gasteiger partial charge in [-0.2, -0.15) is 10.1 Å². The van der Waals surface area contributed by atoms with Gasteiger partial charge in [0.1, 0.15) is 16.9 Å². The summed E-state index contributed by atoms with van der Waals surface area (Å²) < 4.78 is 1.97. The van der Waals surface area contributed by atoms with Crippen LogP contribution >= 0.6 is 11.3 Å². The molecule has 2 aliphatic carbocycles. The van der Waals surface area contributed by atoms with E-state index in [9.17, 15) is 15.0 Å². The van der Waals surface area contributed by atoms with Crippen LogP contribution in [-0.2, 0) is 10.4 Å². The summed E-state index contributed by atoms with van der Waals surface area (Å²) in [6.45, 7) is 2.05. The molecule has 2 aliphatic rings. The van der Waals surface area contributed by atoms with Crippen molar-refractivity contribution < 1.29 is 15.0 Å². The maximum atomic E-state index is 11.2. The summed E-state index contributed by atoms with van der Waals surface area (Å²) >= 11 is 1.48.